The number of rotatable bonds is 7. The predicted octanol–water partition coefficient (Wildman–Crippen LogP) is 2.09. The fourth-order valence-electron chi connectivity index (χ4n) is 2.53. The Balaban J connectivity index is 2.45. The molecule has 0 aromatic carbocycles. The van der Waals surface area contributed by atoms with Gasteiger partial charge in [0, 0.05) is 26.8 Å². The summed E-state index contributed by atoms with van der Waals surface area (Å²) in [4.78, 5) is 25.1. The minimum Gasteiger partial charge on any atom is -0.480 e. The summed E-state index contributed by atoms with van der Waals surface area (Å²) in [7, 11) is 1.58. The SMILES string of the molecule is CCC1(C)CCN(C(=O)NC(CCCOC)C(=O)O)CC1. The Labute approximate surface area is 126 Å². The van der Waals surface area contributed by atoms with E-state index >= 15 is 0 Å². The molecular formula is C15H28N2O4. The van der Waals surface area contributed by atoms with Crippen LogP contribution in [0.15, 0.2) is 0 Å². The lowest BCUT2D eigenvalue weighted by Gasteiger charge is -2.39. The monoisotopic (exact) mass is 300 g/mol. The summed E-state index contributed by atoms with van der Waals surface area (Å²) in [6, 6.07) is -1.11. The van der Waals surface area contributed by atoms with Crippen molar-refractivity contribution in [3.05, 3.63) is 0 Å². The predicted molar refractivity (Wildman–Crippen MR) is 80.3 cm³/mol. The van der Waals surface area contributed by atoms with Gasteiger partial charge < -0.3 is 20.1 Å². The molecule has 0 saturated carbocycles. The molecular weight excluding hydrogens is 272 g/mol. The number of nitrogens with one attached hydrogen (secondary N) is 1. The number of ether oxygens (including phenoxy) is 1. The second-order valence-electron chi connectivity index (χ2n) is 6.13. The molecule has 1 saturated heterocycles. The second-order valence-corrected chi connectivity index (χ2v) is 6.13. The van der Waals surface area contributed by atoms with Gasteiger partial charge in [-0.2, -0.15) is 0 Å². The lowest BCUT2D eigenvalue weighted by atomic mass is 9.78. The van der Waals surface area contributed by atoms with Crippen molar-refractivity contribution in [1.29, 1.82) is 0 Å². The van der Waals surface area contributed by atoms with E-state index in [2.05, 4.69) is 19.2 Å². The van der Waals surface area contributed by atoms with Crippen molar-refractivity contribution < 1.29 is 19.4 Å². The van der Waals surface area contributed by atoms with Crippen LogP contribution in [0.1, 0.15) is 46.0 Å². The molecule has 1 unspecified atom stereocenters. The number of carbonyl (C=O) groups is 2. The molecule has 0 bridgehead atoms. The largest absolute Gasteiger partial charge is 0.480 e. The van der Waals surface area contributed by atoms with Crippen LogP contribution in [0.25, 0.3) is 0 Å². The van der Waals surface area contributed by atoms with Crippen LogP contribution in [-0.4, -0.2) is 54.9 Å². The van der Waals surface area contributed by atoms with Gasteiger partial charge in [-0.15, -0.1) is 0 Å². The van der Waals surface area contributed by atoms with E-state index in [1.54, 1.807) is 12.0 Å². The average Bonchev–Trinajstić information content (AvgIpc) is 2.46. The van der Waals surface area contributed by atoms with Crippen molar-refractivity contribution in [2.75, 3.05) is 26.8 Å². The minimum absolute atomic E-state index is 0.266. The summed E-state index contributed by atoms with van der Waals surface area (Å²) in [5.41, 5.74) is 0.307. The first-order chi connectivity index (χ1) is 9.91. The first-order valence-corrected chi connectivity index (χ1v) is 7.69. The Kier molecular flexibility index (Phi) is 6.95. The number of nitrogens with zero attached hydrogens (tertiary/aromatic N) is 1. The topological polar surface area (TPSA) is 78.9 Å². The van der Waals surface area contributed by atoms with Crippen LogP contribution in [-0.2, 0) is 9.53 Å². The summed E-state index contributed by atoms with van der Waals surface area (Å²) >= 11 is 0. The van der Waals surface area contributed by atoms with Gasteiger partial charge in [0.25, 0.3) is 0 Å². The molecule has 1 aliphatic rings. The van der Waals surface area contributed by atoms with Crippen molar-refractivity contribution in [2.24, 2.45) is 5.41 Å². The van der Waals surface area contributed by atoms with Crippen molar-refractivity contribution in [3.63, 3.8) is 0 Å². The number of amides is 2. The quantitative estimate of drug-likeness (QED) is 0.706. The first kappa shape index (κ1) is 17.8. The molecule has 0 spiro atoms. The molecule has 21 heavy (non-hydrogen) atoms. The number of carbonyl (C=O) groups excluding carboxylic acids is 1. The first-order valence-electron chi connectivity index (χ1n) is 7.69. The molecule has 0 aliphatic carbocycles. The zero-order chi connectivity index (χ0) is 15.9. The fraction of sp³-hybridized carbons (Fsp3) is 0.867. The molecule has 2 amide bonds. The highest BCUT2D eigenvalue weighted by Crippen LogP contribution is 2.33. The van der Waals surface area contributed by atoms with E-state index < -0.39 is 12.0 Å². The van der Waals surface area contributed by atoms with E-state index in [0.717, 1.165) is 19.3 Å². The molecule has 2 N–H and O–H groups in total. The number of aliphatic carboxylic acids is 1. The zero-order valence-electron chi connectivity index (χ0n) is 13.4. The minimum atomic E-state index is -0.991. The standard InChI is InChI=1S/C15H28N2O4/c1-4-15(2)7-9-17(10-8-15)14(20)16-12(13(18)19)6-5-11-21-3/h12H,4-11H2,1-3H3,(H,16,20)(H,18,19). The van der Waals surface area contributed by atoms with Crippen LogP contribution >= 0.6 is 0 Å². The third-order valence-electron chi connectivity index (χ3n) is 4.55. The Morgan fingerprint density at radius 1 is 1.38 bits per heavy atom. The van der Waals surface area contributed by atoms with Crippen LogP contribution in [0, 0.1) is 5.41 Å². The van der Waals surface area contributed by atoms with Crippen molar-refractivity contribution in [1.82, 2.24) is 10.2 Å². The van der Waals surface area contributed by atoms with Crippen LogP contribution in [0.3, 0.4) is 0 Å². The molecule has 1 atom stereocenters. The van der Waals surface area contributed by atoms with Gasteiger partial charge in [0.05, 0.1) is 0 Å². The third kappa shape index (κ3) is 5.53. The van der Waals surface area contributed by atoms with Gasteiger partial charge in [0.2, 0.25) is 0 Å². The Morgan fingerprint density at radius 3 is 2.48 bits per heavy atom. The number of methoxy groups -OCH3 is 1. The summed E-state index contributed by atoms with van der Waals surface area (Å²) in [6.07, 6.45) is 4.05. The highest BCUT2D eigenvalue weighted by atomic mass is 16.5. The lowest BCUT2D eigenvalue weighted by molar-refractivity contribution is -0.139. The Hall–Kier alpha value is -1.30. The van der Waals surface area contributed by atoms with Gasteiger partial charge in [0.1, 0.15) is 6.04 Å². The second kappa shape index (κ2) is 8.22. The van der Waals surface area contributed by atoms with Gasteiger partial charge in [-0.05, 0) is 31.1 Å². The van der Waals surface area contributed by atoms with E-state index in [4.69, 9.17) is 9.84 Å². The molecule has 122 valence electrons. The van der Waals surface area contributed by atoms with E-state index in [0.29, 0.717) is 38.0 Å². The molecule has 1 heterocycles. The maximum atomic E-state index is 12.2. The Morgan fingerprint density at radius 2 is 2.00 bits per heavy atom. The van der Waals surface area contributed by atoms with E-state index in [9.17, 15) is 9.59 Å². The fourth-order valence-corrected chi connectivity index (χ4v) is 2.53. The van der Waals surface area contributed by atoms with Gasteiger partial charge in [0.15, 0.2) is 0 Å². The summed E-state index contributed by atoms with van der Waals surface area (Å²) in [6.45, 7) is 6.30. The molecule has 0 aromatic rings. The highest BCUT2D eigenvalue weighted by Gasteiger charge is 2.31. The molecule has 1 fully saturated rings. The summed E-state index contributed by atoms with van der Waals surface area (Å²) in [5.74, 6) is -0.991. The smallest absolute Gasteiger partial charge is 0.326 e. The number of carboxylic acids is 1. The van der Waals surface area contributed by atoms with Crippen LogP contribution in [0.5, 0.6) is 0 Å². The number of urea groups is 1. The zero-order valence-corrected chi connectivity index (χ0v) is 13.4. The molecule has 6 nitrogen and oxygen atoms in total. The number of likely N-dealkylation sites (tertiary alicyclic amines) is 1. The molecule has 1 rings (SSSR count). The van der Waals surface area contributed by atoms with Crippen molar-refractivity contribution in [3.8, 4) is 0 Å². The van der Waals surface area contributed by atoms with E-state index in [-0.39, 0.29) is 6.03 Å². The molecule has 0 radical (unpaired) electrons. The van der Waals surface area contributed by atoms with E-state index in [1.807, 2.05) is 0 Å². The summed E-state index contributed by atoms with van der Waals surface area (Å²) < 4.78 is 4.91. The molecule has 1 aliphatic heterocycles. The highest BCUT2D eigenvalue weighted by molar-refractivity contribution is 5.82. The van der Waals surface area contributed by atoms with Gasteiger partial charge in [-0.25, -0.2) is 9.59 Å². The third-order valence-corrected chi connectivity index (χ3v) is 4.55. The number of carboxylic acid groups (broad SMARTS) is 1. The molecule has 0 aromatic heterocycles. The maximum absolute atomic E-state index is 12.2. The van der Waals surface area contributed by atoms with Crippen molar-refractivity contribution >= 4 is 12.0 Å². The molecule has 6 heteroatoms. The van der Waals surface area contributed by atoms with Crippen LogP contribution < -0.4 is 5.32 Å². The van der Waals surface area contributed by atoms with Gasteiger partial charge in [-0.3, -0.25) is 0 Å². The van der Waals surface area contributed by atoms with Gasteiger partial charge in [-0.1, -0.05) is 20.3 Å². The Bertz CT molecular complexity index is 352. The number of hydrogen-bond donors (Lipinski definition) is 2. The van der Waals surface area contributed by atoms with Crippen LogP contribution in [0.2, 0.25) is 0 Å². The number of hydrogen-bond acceptors (Lipinski definition) is 3. The number of piperidine rings is 1. The van der Waals surface area contributed by atoms with Crippen LogP contribution in [0.4, 0.5) is 4.79 Å². The average molecular weight is 300 g/mol. The lowest BCUT2D eigenvalue weighted by Crippen LogP contribution is -2.51. The van der Waals surface area contributed by atoms with E-state index in [1.165, 1.54) is 0 Å². The van der Waals surface area contributed by atoms with Crippen molar-refractivity contribution in [2.45, 2.75) is 52.0 Å². The van der Waals surface area contributed by atoms with Gasteiger partial charge >= 0.3 is 12.0 Å². The normalized spacial score (nSPS) is 19.1. The summed E-state index contributed by atoms with van der Waals surface area (Å²) in [5, 5.41) is 11.8. The maximum Gasteiger partial charge on any atom is 0.326 e.